The number of aliphatic hydroxyl groups is 1. The van der Waals surface area contributed by atoms with Crippen LogP contribution in [0.25, 0.3) is 11.3 Å². The van der Waals surface area contributed by atoms with Crippen LogP contribution in [0.5, 0.6) is 5.75 Å². The van der Waals surface area contributed by atoms with E-state index in [-0.39, 0.29) is 21.8 Å². The van der Waals surface area contributed by atoms with Gasteiger partial charge in [0.05, 0.1) is 12.2 Å². The van der Waals surface area contributed by atoms with E-state index in [1.54, 1.807) is 0 Å². The van der Waals surface area contributed by atoms with E-state index in [0.29, 0.717) is 5.92 Å². The first-order chi connectivity index (χ1) is 19.4. The largest absolute Gasteiger partial charge is 0.475 e. The molecule has 3 aromatic rings. The number of rotatable bonds is 7. The number of piperidine rings is 1. The van der Waals surface area contributed by atoms with Crippen molar-refractivity contribution in [1.82, 2.24) is 15.2 Å². The monoisotopic (exact) mass is 647 g/mol. The number of carbonyl (C=O) groups excluding carboxylic acids is 2. The van der Waals surface area contributed by atoms with Crippen LogP contribution in [0.4, 0.5) is 22.0 Å². The third kappa shape index (κ3) is 8.11. The Hall–Kier alpha value is -3.36. The molecule has 1 aromatic heterocycles. The fourth-order valence-electron chi connectivity index (χ4n) is 3.89. The maximum absolute atomic E-state index is 14.6. The van der Waals surface area contributed by atoms with Gasteiger partial charge in [-0.05, 0) is 73.2 Å². The number of hydrogen-bond donors (Lipinski definition) is 2. The average Bonchev–Trinajstić information content (AvgIpc) is 3.34. The first-order valence-electron chi connectivity index (χ1n) is 12.3. The predicted molar refractivity (Wildman–Crippen MR) is 141 cm³/mol. The van der Waals surface area contributed by atoms with Gasteiger partial charge >= 0.3 is 6.18 Å². The van der Waals surface area contributed by atoms with Gasteiger partial charge in [0.25, 0.3) is 5.91 Å². The number of likely N-dealkylation sites (tertiary alicyclic amines) is 1. The van der Waals surface area contributed by atoms with Crippen molar-refractivity contribution in [2.45, 2.75) is 25.1 Å². The fraction of sp³-hybridized carbons (Fsp3) is 0.370. The molecular weight excluding hydrogens is 621 g/mol. The number of carbonyl (C=O) groups is 2. The third-order valence-electron chi connectivity index (χ3n) is 6.26. The summed E-state index contributed by atoms with van der Waals surface area (Å²) in [5, 5.41) is 11.8. The van der Waals surface area contributed by atoms with Gasteiger partial charge in [0, 0.05) is 18.5 Å². The number of hydrogen-bond acceptors (Lipinski definition) is 7. The number of amides is 1. The summed E-state index contributed by atoms with van der Waals surface area (Å²) in [5.74, 6) is -3.86. The van der Waals surface area contributed by atoms with Gasteiger partial charge in [0.1, 0.15) is 23.4 Å². The van der Waals surface area contributed by atoms with E-state index in [2.05, 4.69) is 38.2 Å². The van der Waals surface area contributed by atoms with E-state index in [4.69, 9.17) is 9.15 Å². The molecule has 0 radical (unpaired) electrons. The molecule has 1 fully saturated rings. The highest BCUT2D eigenvalue weighted by Gasteiger charge is 2.31. The Morgan fingerprint density at radius 3 is 2.39 bits per heavy atom. The molecule has 1 amide bonds. The predicted octanol–water partition coefficient (Wildman–Crippen LogP) is 5.40. The second kappa shape index (κ2) is 14.0. The lowest BCUT2D eigenvalue weighted by atomic mass is 9.99. The zero-order chi connectivity index (χ0) is 30.3. The van der Waals surface area contributed by atoms with Crippen molar-refractivity contribution in [3.05, 3.63) is 69.7 Å². The van der Waals surface area contributed by atoms with Gasteiger partial charge in [-0.3, -0.25) is 4.79 Å². The standard InChI is InChI=1S/C20H14BrF5N2O4.C7H13NO/c1-27-18(30)14-11(22)6-7-12(15(14)23)31-13(8-29)19-28-16(17(21)32-19)9-2-4-10(5-3-9)20(24,25)26;1-8-4-2-7(6-9)3-5-8/h2-7,13,29H,8H2,1H3,(H,27,30);6-7H,2-5H2,1H3. The van der Waals surface area contributed by atoms with Crippen molar-refractivity contribution in [1.29, 1.82) is 0 Å². The lowest BCUT2D eigenvalue weighted by Gasteiger charge is -2.25. The molecule has 1 saturated heterocycles. The van der Waals surface area contributed by atoms with Gasteiger partial charge in [0.2, 0.25) is 5.89 Å². The normalized spacial score (nSPS) is 15.0. The van der Waals surface area contributed by atoms with Gasteiger partial charge in [-0.15, -0.1) is 0 Å². The summed E-state index contributed by atoms with van der Waals surface area (Å²) in [6.07, 6.45) is -2.67. The molecule has 4 rings (SSSR count). The Bertz CT molecular complexity index is 1340. The number of aromatic nitrogens is 1. The molecule has 8 nitrogen and oxygen atoms in total. The van der Waals surface area contributed by atoms with Gasteiger partial charge < -0.3 is 29.3 Å². The Balaban J connectivity index is 0.000000436. The Morgan fingerprint density at radius 1 is 1.22 bits per heavy atom. The Kier molecular flexibility index (Phi) is 11.0. The van der Waals surface area contributed by atoms with Crippen molar-refractivity contribution in [3.63, 3.8) is 0 Å². The molecule has 1 aliphatic rings. The molecule has 0 bridgehead atoms. The van der Waals surface area contributed by atoms with Crippen LogP contribution < -0.4 is 10.1 Å². The number of nitrogens with zero attached hydrogens (tertiary/aromatic N) is 2. The van der Waals surface area contributed by atoms with E-state index in [1.165, 1.54) is 19.2 Å². The molecule has 1 atom stereocenters. The van der Waals surface area contributed by atoms with Crippen LogP contribution in [0.3, 0.4) is 0 Å². The van der Waals surface area contributed by atoms with E-state index >= 15 is 0 Å². The van der Waals surface area contributed by atoms with Gasteiger partial charge in [0.15, 0.2) is 22.3 Å². The summed E-state index contributed by atoms with van der Waals surface area (Å²) in [7, 11) is 3.29. The number of alkyl halides is 3. The van der Waals surface area contributed by atoms with Crippen LogP contribution >= 0.6 is 15.9 Å². The lowest BCUT2D eigenvalue weighted by Crippen LogP contribution is -2.30. The average molecular weight is 648 g/mol. The quantitative estimate of drug-likeness (QED) is 0.261. The van der Waals surface area contributed by atoms with Crippen LogP contribution in [0, 0.1) is 17.6 Å². The van der Waals surface area contributed by atoms with Crippen molar-refractivity contribution in [2.24, 2.45) is 5.92 Å². The summed E-state index contributed by atoms with van der Waals surface area (Å²) in [4.78, 5) is 28.3. The smallest absolute Gasteiger partial charge is 0.416 e. The van der Waals surface area contributed by atoms with Crippen LogP contribution in [-0.4, -0.2) is 61.0 Å². The molecule has 222 valence electrons. The summed E-state index contributed by atoms with van der Waals surface area (Å²) in [6, 6.07) is 5.83. The first-order valence-corrected chi connectivity index (χ1v) is 13.1. The summed E-state index contributed by atoms with van der Waals surface area (Å²) >= 11 is 3.09. The number of aliphatic hydroxyl groups excluding tert-OH is 1. The summed E-state index contributed by atoms with van der Waals surface area (Å²) < 4.78 is 77.5. The van der Waals surface area contributed by atoms with E-state index in [1.807, 2.05) is 0 Å². The SMILES string of the molecule is CN1CCC(C=O)CC1.CNC(=O)c1c(F)ccc(OC(CO)c2nc(-c3ccc(C(F)(F)F)cc3)c(Br)o2)c1F. The molecule has 1 unspecified atom stereocenters. The van der Waals surface area contributed by atoms with Crippen molar-refractivity contribution in [2.75, 3.05) is 33.8 Å². The van der Waals surface area contributed by atoms with E-state index in [0.717, 1.165) is 56.5 Å². The summed E-state index contributed by atoms with van der Waals surface area (Å²) in [5.41, 5.74) is -1.34. The fourth-order valence-corrected chi connectivity index (χ4v) is 4.37. The van der Waals surface area contributed by atoms with Gasteiger partial charge in [-0.2, -0.15) is 13.2 Å². The van der Waals surface area contributed by atoms with Gasteiger partial charge in [-0.1, -0.05) is 12.1 Å². The molecule has 2 aromatic carbocycles. The van der Waals surface area contributed by atoms with E-state index < -0.39 is 53.3 Å². The molecule has 1 aliphatic heterocycles. The molecule has 0 saturated carbocycles. The lowest BCUT2D eigenvalue weighted by molar-refractivity contribution is -0.137. The number of halogens is 6. The van der Waals surface area contributed by atoms with Crippen molar-refractivity contribution >= 4 is 28.1 Å². The molecular formula is C27H27BrF5N3O5. The Morgan fingerprint density at radius 2 is 1.85 bits per heavy atom. The number of benzene rings is 2. The van der Waals surface area contributed by atoms with Crippen LogP contribution in [0.2, 0.25) is 0 Å². The maximum Gasteiger partial charge on any atom is 0.416 e. The number of ether oxygens (including phenoxy) is 1. The minimum Gasteiger partial charge on any atom is -0.475 e. The molecule has 2 heterocycles. The van der Waals surface area contributed by atoms with Crippen LogP contribution in [0.15, 0.2) is 45.5 Å². The molecule has 0 spiro atoms. The molecule has 0 aliphatic carbocycles. The highest BCUT2D eigenvalue weighted by molar-refractivity contribution is 9.10. The van der Waals surface area contributed by atoms with Crippen LogP contribution in [0.1, 0.15) is 40.8 Å². The third-order valence-corrected chi connectivity index (χ3v) is 6.80. The second-order valence-corrected chi connectivity index (χ2v) is 9.85. The molecule has 41 heavy (non-hydrogen) atoms. The maximum atomic E-state index is 14.6. The highest BCUT2D eigenvalue weighted by Crippen LogP contribution is 2.35. The number of oxazole rings is 1. The second-order valence-electron chi connectivity index (χ2n) is 9.13. The Labute approximate surface area is 240 Å². The molecule has 2 N–H and O–H groups in total. The number of aldehydes is 1. The van der Waals surface area contributed by atoms with Crippen molar-refractivity contribution in [3.8, 4) is 17.0 Å². The van der Waals surface area contributed by atoms with E-state index in [9.17, 15) is 36.6 Å². The topological polar surface area (TPSA) is 105 Å². The highest BCUT2D eigenvalue weighted by atomic mass is 79.9. The first kappa shape index (κ1) is 32.2. The minimum absolute atomic E-state index is 0.0277. The van der Waals surface area contributed by atoms with Crippen molar-refractivity contribution < 1.29 is 45.8 Å². The molecule has 14 heteroatoms. The van der Waals surface area contributed by atoms with Gasteiger partial charge in [-0.25, -0.2) is 13.8 Å². The number of nitrogens with one attached hydrogen (secondary N) is 1. The zero-order valence-electron chi connectivity index (χ0n) is 22.0. The van der Waals surface area contributed by atoms with Crippen LogP contribution in [-0.2, 0) is 11.0 Å². The summed E-state index contributed by atoms with van der Waals surface area (Å²) in [6.45, 7) is 1.43. The zero-order valence-corrected chi connectivity index (χ0v) is 23.6. The minimum atomic E-state index is -4.51.